The second kappa shape index (κ2) is 51.6. The van der Waals surface area contributed by atoms with Crippen LogP contribution >= 0.6 is 7.82 Å². The molecule has 2 aromatic rings. The Balaban J connectivity index is 2.00. The molecule has 90 heavy (non-hydrogen) atoms. The highest BCUT2D eigenvalue weighted by molar-refractivity contribution is 7.49. The number of carbonyl (C=O) groups excluding carboxylic acids is 4. The number of benzene rings is 2. The molecule has 1 fully saturated rings. The molecule has 1 N–H and O–H groups in total. The maximum Gasteiger partial charge on any atom is 0.588 e. The predicted octanol–water partition coefficient (Wildman–Crippen LogP) is 19.7. The molecule has 3 rings (SSSR count). The zero-order valence-electron chi connectivity index (χ0n) is 57.5. The van der Waals surface area contributed by atoms with E-state index in [1.807, 2.05) is 0 Å². The van der Waals surface area contributed by atoms with Crippen LogP contribution in [0.15, 0.2) is 60.7 Å². The second-order valence-electron chi connectivity index (χ2n) is 26.5. The van der Waals surface area contributed by atoms with Gasteiger partial charge in [0.15, 0.2) is 6.10 Å². The summed E-state index contributed by atoms with van der Waals surface area (Å²) in [6, 6.07) is 16.9. The van der Waals surface area contributed by atoms with Crippen molar-refractivity contribution >= 4 is 39.7 Å². The van der Waals surface area contributed by atoms with Crippen LogP contribution in [0.25, 0.3) is 0 Å². The molecule has 0 aromatic heterocycles. The Morgan fingerprint density at radius 2 is 0.989 bits per heavy atom. The van der Waals surface area contributed by atoms with Crippen LogP contribution < -0.4 is 14.4 Å². The van der Waals surface area contributed by atoms with E-state index in [-0.39, 0.29) is 50.1 Å². The average Bonchev–Trinajstić information content (AvgIpc) is 1.04. The van der Waals surface area contributed by atoms with Crippen molar-refractivity contribution in [1.82, 2.24) is 5.32 Å². The zero-order valence-corrected chi connectivity index (χ0v) is 59.4. The van der Waals surface area contributed by atoms with Crippen LogP contribution in [0.2, 0.25) is 25.7 Å². The third kappa shape index (κ3) is 40.3. The van der Waals surface area contributed by atoms with E-state index in [1.54, 1.807) is 60.7 Å². The highest BCUT2D eigenvalue weighted by Crippen LogP contribution is 2.52. The first kappa shape index (κ1) is 80.4. The fourth-order valence-corrected chi connectivity index (χ4v) is 13.6. The summed E-state index contributed by atoms with van der Waals surface area (Å²) in [6.07, 6.45) is 36.0. The molecule has 15 nitrogen and oxygen atoms in total. The van der Waals surface area contributed by atoms with Crippen LogP contribution in [0, 0.1) is 5.92 Å². The summed E-state index contributed by atoms with van der Waals surface area (Å²) in [5.74, 6) is -2.27. The lowest BCUT2D eigenvalue weighted by Crippen LogP contribution is -2.62. The molecule has 1 amide bonds. The molecule has 0 aliphatic carbocycles. The molecule has 1 aliphatic heterocycles. The van der Waals surface area contributed by atoms with E-state index in [9.17, 15) is 14.4 Å². The van der Waals surface area contributed by atoms with Crippen molar-refractivity contribution in [2.45, 2.75) is 327 Å². The summed E-state index contributed by atoms with van der Waals surface area (Å²) in [5.41, 5.74) is 0. The summed E-state index contributed by atoms with van der Waals surface area (Å²) in [5, 5.41) is 3.16. The Kier molecular flexibility index (Phi) is 46.1. The lowest BCUT2D eigenvalue weighted by molar-refractivity contribution is -0.195. The predicted molar refractivity (Wildman–Crippen MR) is 366 cm³/mol. The first-order chi connectivity index (χ1) is 43.7. The van der Waals surface area contributed by atoms with Gasteiger partial charge in [-0.1, -0.05) is 289 Å². The number of phosphoric acid groups is 1. The minimum atomic E-state index is -4.79. The molecule has 2 aromatic carbocycles. The van der Waals surface area contributed by atoms with E-state index in [2.05, 4.69) is 45.7 Å². The van der Waals surface area contributed by atoms with E-state index >= 15 is 9.36 Å². The standard InChI is InChI=1S/C73H126NO14PSi/c1-8-11-14-17-20-23-25-26-27-29-30-33-36-41-48-62(47-40-35-32-22-19-16-13-10-3)73(78)85-71-66(74-68(75)58-65(84-61-81-56-57-90(5,6)7)53-42-37-34-31-28-24-21-18-15-12-9-2)59-82-67(60-83-70(77)55-54-69(76)80-4)72(71)88-89(79,86-63-49-43-38-44-50-63)87-64-51-45-39-46-52-64/h38-39,43-46,49-52,62,65-67,71-72H,8-37,40-42,47-48,53-61H2,1-7H3,(H,74,75)/t62?,65?,66-,67+,71+,72+/m0/s1. The largest absolute Gasteiger partial charge is 0.588 e. The quantitative estimate of drug-likeness (QED) is 0.0165. The molecular weight excluding hydrogens is 1170 g/mol. The van der Waals surface area contributed by atoms with E-state index < -0.39 is 76.8 Å². The topological polar surface area (TPSA) is 180 Å². The van der Waals surface area contributed by atoms with E-state index in [1.165, 1.54) is 148 Å². The third-order valence-corrected chi connectivity index (χ3v) is 20.2. The normalized spacial score (nSPS) is 16.7. The Morgan fingerprint density at radius 1 is 0.567 bits per heavy atom. The highest BCUT2D eigenvalue weighted by Gasteiger charge is 2.51. The number of unbranched alkanes of at least 4 members (excludes halogenated alkanes) is 30. The van der Waals surface area contributed by atoms with Gasteiger partial charge in [0.25, 0.3) is 0 Å². The number of nitrogens with one attached hydrogen (secondary N) is 1. The fraction of sp³-hybridized carbons (Fsp3) is 0.781. The molecule has 6 atom stereocenters. The average molecular weight is 1300 g/mol. The molecule has 516 valence electrons. The first-order valence-corrected chi connectivity index (χ1v) is 41.2. The van der Waals surface area contributed by atoms with Crippen molar-refractivity contribution in [3.05, 3.63) is 60.7 Å². The number of phosphoric ester groups is 1. The summed E-state index contributed by atoms with van der Waals surface area (Å²) in [6.45, 7) is 13.6. The van der Waals surface area contributed by atoms with Gasteiger partial charge < -0.3 is 42.8 Å². The van der Waals surface area contributed by atoms with E-state index in [0.717, 1.165) is 76.7 Å². The lowest BCUT2D eigenvalue weighted by atomic mass is 9.93. The van der Waals surface area contributed by atoms with Crippen LogP contribution in [0.3, 0.4) is 0 Å². The van der Waals surface area contributed by atoms with Gasteiger partial charge in [0.05, 0.1) is 51.0 Å². The number of hydrogen-bond donors (Lipinski definition) is 1. The fourth-order valence-electron chi connectivity index (χ4n) is 11.4. The van der Waals surface area contributed by atoms with Crippen LogP contribution in [0.5, 0.6) is 11.5 Å². The van der Waals surface area contributed by atoms with Gasteiger partial charge in [-0.25, -0.2) is 4.57 Å². The molecule has 0 saturated carbocycles. The van der Waals surface area contributed by atoms with Gasteiger partial charge in [0, 0.05) is 14.7 Å². The lowest BCUT2D eigenvalue weighted by Gasteiger charge is -2.42. The molecule has 2 unspecified atom stereocenters. The maximum absolute atomic E-state index is 15.5. The minimum absolute atomic E-state index is 0.00795. The number of hydrogen-bond acceptors (Lipinski definition) is 14. The van der Waals surface area contributed by atoms with Gasteiger partial charge in [-0.2, -0.15) is 0 Å². The highest BCUT2D eigenvalue weighted by atomic mass is 31.2. The van der Waals surface area contributed by atoms with Crippen molar-refractivity contribution in [2.24, 2.45) is 5.92 Å². The number of para-hydroxylation sites is 2. The van der Waals surface area contributed by atoms with Crippen LogP contribution in [-0.2, 0) is 56.7 Å². The Bertz CT molecular complexity index is 2100. The van der Waals surface area contributed by atoms with Crippen molar-refractivity contribution in [2.75, 3.05) is 33.7 Å². The molecular formula is C73H126NO14PSi. The molecule has 0 spiro atoms. The number of ether oxygens (including phenoxy) is 6. The van der Waals surface area contributed by atoms with Gasteiger partial charge in [-0.3, -0.25) is 23.7 Å². The number of esters is 3. The Hall–Kier alpha value is -3.79. The van der Waals surface area contributed by atoms with Gasteiger partial charge >= 0.3 is 25.7 Å². The smallest absolute Gasteiger partial charge is 0.469 e. The summed E-state index contributed by atoms with van der Waals surface area (Å²) < 4.78 is 70.7. The number of amides is 1. The summed E-state index contributed by atoms with van der Waals surface area (Å²) >= 11 is 0. The van der Waals surface area contributed by atoms with Gasteiger partial charge in [-0.05, 0) is 49.6 Å². The maximum atomic E-state index is 15.5. The molecule has 1 heterocycles. The SMILES string of the molecule is CCCCCCCCCCCCCCCCC(CCCCCCCCCC)C(=O)O[C@H]1[C@H](OP(=O)(Oc2ccccc2)Oc2ccccc2)[C@@H](COC(=O)CCC(=O)OC)OC[C@@H]1NC(=O)CC(CCCCCCCCCCCCC)OCOCC[Si](C)(C)C. The minimum Gasteiger partial charge on any atom is -0.469 e. The van der Waals surface area contributed by atoms with Gasteiger partial charge in [0.1, 0.15) is 37.1 Å². The monoisotopic (exact) mass is 1300 g/mol. The zero-order chi connectivity index (χ0) is 65.2. The Morgan fingerprint density at radius 3 is 1.42 bits per heavy atom. The van der Waals surface area contributed by atoms with E-state index in [0.29, 0.717) is 25.9 Å². The Labute approximate surface area is 547 Å². The van der Waals surface area contributed by atoms with Gasteiger partial charge in [-0.15, -0.1) is 0 Å². The number of rotatable bonds is 58. The molecule has 1 saturated heterocycles. The molecule has 1 aliphatic rings. The second-order valence-corrected chi connectivity index (χ2v) is 33.6. The van der Waals surface area contributed by atoms with Crippen LogP contribution in [0.4, 0.5) is 0 Å². The third-order valence-electron chi connectivity index (χ3n) is 17.1. The first-order valence-electron chi connectivity index (χ1n) is 36.0. The molecule has 0 radical (unpaired) electrons. The number of methoxy groups -OCH3 is 1. The van der Waals surface area contributed by atoms with Crippen LogP contribution in [0.1, 0.15) is 271 Å². The van der Waals surface area contributed by atoms with Crippen molar-refractivity contribution < 1.29 is 65.7 Å². The van der Waals surface area contributed by atoms with Gasteiger partial charge in [0.2, 0.25) is 5.91 Å². The molecule has 17 heteroatoms. The number of carbonyl (C=O) groups is 4. The van der Waals surface area contributed by atoms with E-state index in [4.69, 9.17) is 42.0 Å². The summed E-state index contributed by atoms with van der Waals surface area (Å²) in [4.78, 5) is 55.3. The van der Waals surface area contributed by atoms with Crippen LogP contribution in [-0.4, -0.2) is 96.1 Å². The summed E-state index contributed by atoms with van der Waals surface area (Å²) in [7, 11) is -4.91. The molecule has 0 bridgehead atoms. The van der Waals surface area contributed by atoms with Crippen molar-refractivity contribution in [1.29, 1.82) is 0 Å². The van der Waals surface area contributed by atoms with Crippen molar-refractivity contribution in [3.63, 3.8) is 0 Å². The van der Waals surface area contributed by atoms with Crippen molar-refractivity contribution in [3.8, 4) is 11.5 Å².